The summed E-state index contributed by atoms with van der Waals surface area (Å²) in [6, 6.07) is 3.23. The number of amides is 1. The summed E-state index contributed by atoms with van der Waals surface area (Å²) in [5.74, 6) is 1.79. The zero-order valence-electron chi connectivity index (χ0n) is 14.6. The molecule has 0 fully saturated rings. The second-order valence-electron chi connectivity index (χ2n) is 5.21. The number of aryl methyl sites for hydroxylation is 1. The van der Waals surface area contributed by atoms with E-state index in [1.165, 1.54) is 26.0 Å². The Kier molecular flexibility index (Phi) is 6.95. The third-order valence-corrected chi connectivity index (χ3v) is 4.69. The van der Waals surface area contributed by atoms with Crippen molar-refractivity contribution >= 4 is 35.0 Å². The molecule has 2 aromatic rings. The van der Waals surface area contributed by atoms with E-state index < -0.39 is 0 Å². The standard InChI is InChI=1S/C16H21ClN4O3S/c1-5-6-21-10(2)19-20-16(21)25-9-15(22)18-12-8-13(23-3)11(17)7-14(12)24-4/h7-8H,5-6,9H2,1-4H3,(H,18,22). The lowest BCUT2D eigenvalue weighted by Crippen LogP contribution is -2.15. The number of nitrogens with one attached hydrogen (secondary N) is 1. The smallest absolute Gasteiger partial charge is 0.234 e. The van der Waals surface area contributed by atoms with Gasteiger partial charge in [0.2, 0.25) is 5.91 Å². The van der Waals surface area contributed by atoms with E-state index in [1.807, 2.05) is 11.5 Å². The summed E-state index contributed by atoms with van der Waals surface area (Å²) in [6.07, 6.45) is 0.973. The van der Waals surface area contributed by atoms with Crippen molar-refractivity contribution in [2.45, 2.75) is 32.0 Å². The van der Waals surface area contributed by atoms with Gasteiger partial charge in [0.15, 0.2) is 5.16 Å². The molecule has 0 atom stereocenters. The van der Waals surface area contributed by atoms with Crippen LogP contribution in [0.25, 0.3) is 0 Å². The first-order chi connectivity index (χ1) is 12.0. The Bertz CT molecular complexity index is 751. The monoisotopic (exact) mass is 384 g/mol. The van der Waals surface area contributed by atoms with Crippen LogP contribution in [0.2, 0.25) is 5.02 Å². The van der Waals surface area contributed by atoms with Gasteiger partial charge >= 0.3 is 0 Å². The molecule has 1 heterocycles. The lowest BCUT2D eigenvalue weighted by molar-refractivity contribution is -0.113. The Labute approximate surface area is 156 Å². The minimum Gasteiger partial charge on any atom is -0.495 e. The molecule has 1 amide bonds. The number of carbonyl (C=O) groups excluding carboxylic acids is 1. The average Bonchev–Trinajstić information content (AvgIpc) is 2.94. The van der Waals surface area contributed by atoms with Crippen LogP contribution in [-0.2, 0) is 11.3 Å². The molecule has 7 nitrogen and oxygen atoms in total. The Morgan fingerprint density at radius 1 is 1.28 bits per heavy atom. The highest BCUT2D eigenvalue weighted by atomic mass is 35.5. The molecule has 0 spiro atoms. The van der Waals surface area contributed by atoms with Crippen LogP contribution in [-0.4, -0.2) is 40.6 Å². The van der Waals surface area contributed by atoms with Crippen LogP contribution in [0.1, 0.15) is 19.2 Å². The van der Waals surface area contributed by atoms with Crippen LogP contribution in [0, 0.1) is 6.92 Å². The summed E-state index contributed by atoms with van der Waals surface area (Å²) in [7, 11) is 3.02. The molecular weight excluding hydrogens is 364 g/mol. The van der Waals surface area contributed by atoms with Crippen molar-refractivity contribution in [3.8, 4) is 11.5 Å². The van der Waals surface area contributed by atoms with Crippen molar-refractivity contribution in [2.24, 2.45) is 0 Å². The second kappa shape index (κ2) is 8.96. The molecule has 9 heteroatoms. The first kappa shape index (κ1) is 19.4. The van der Waals surface area contributed by atoms with Gasteiger partial charge in [0.1, 0.15) is 17.3 Å². The molecule has 1 aromatic heterocycles. The highest BCUT2D eigenvalue weighted by Crippen LogP contribution is 2.36. The second-order valence-corrected chi connectivity index (χ2v) is 6.56. The van der Waals surface area contributed by atoms with Crippen molar-refractivity contribution in [2.75, 3.05) is 25.3 Å². The summed E-state index contributed by atoms with van der Waals surface area (Å²) >= 11 is 7.41. The molecule has 136 valence electrons. The van der Waals surface area contributed by atoms with Crippen molar-refractivity contribution in [1.29, 1.82) is 0 Å². The van der Waals surface area contributed by atoms with E-state index in [-0.39, 0.29) is 11.7 Å². The number of benzene rings is 1. The normalized spacial score (nSPS) is 10.6. The topological polar surface area (TPSA) is 78.3 Å². The van der Waals surface area contributed by atoms with Gasteiger partial charge in [-0.2, -0.15) is 0 Å². The van der Waals surface area contributed by atoms with Gasteiger partial charge in [-0.1, -0.05) is 30.3 Å². The summed E-state index contributed by atoms with van der Waals surface area (Å²) in [5, 5.41) is 12.1. The predicted molar refractivity (Wildman–Crippen MR) is 99.0 cm³/mol. The highest BCUT2D eigenvalue weighted by Gasteiger charge is 2.15. The van der Waals surface area contributed by atoms with E-state index in [0.717, 1.165) is 23.9 Å². The number of halogens is 1. The summed E-state index contributed by atoms with van der Waals surface area (Å²) in [5.41, 5.74) is 0.501. The number of methoxy groups -OCH3 is 2. The zero-order chi connectivity index (χ0) is 18.4. The summed E-state index contributed by atoms with van der Waals surface area (Å²) < 4.78 is 12.4. The molecule has 0 saturated carbocycles. The molecule has 1 aromatic carbocycles. The Morgan fingerprint density at radius 3 is 2.64 bits per heavy atom. The number of thioether (sulfide) groups is 1. The van der Waals surface area contributed by atoms with Gasteiger partial charge in [-0.25, -0.2) is 0 Å². The molecule has 0 aliphatic heterocycles. The molecule has 0 aliphatic rings. The fourth-order valence-corrected chi connectivity index (χ4v) is 3.26. The third kappa shape index (κ3) is 4.79. The largest absolute Gasteiger partial charge is 0.495 e. The predicted octanol–water partition coefficient (Wildman–Crippen LogP) is 3.40. The number of aromatic nitrogens is 3. The maximum Gasteiger partial charge on any atom is 0.234 e. The van der Waals surface area contributed by atoms with E-state index in [4.69, 9.17) is 21.1 Å². The number of rotatable bonds is 8. The Morgan fingerprint density at radius 2 is 2.00 bits per heavy atom. The third-order valence-electron chi connectivity index (χ3n) is 3.43. The Hall–Kier alpha value is -1.93. The van der Waals surface area contributed by atoms with Crippen molar-refractivity contribution in [3.05, 3.63) is 23.0 Å². The molecule has 0 aliphatic carbocycles. The summed E-state index contributed by atoms with van der Waals surface area (Å²) in [6.45, 7) is 4.81. The average molecular weight is 385 g/mol. The first-order valence-electron chi connectivity index (χ1n) is 7.74. The van der Waals surface area contributed by atoms with Crippen LogP contribution in [0.4, 0.5) is 5.69 Å². The number of nitrogens with zero attached hydrogens (tertiary/aromatic N) is 3. The van der Waals surface area contributed by atoms with Gasteiger partial charge < -0.3 is 19.4 Å². The maximum atomic E-state index is 12.3. The number of hydrogen-bond acceptors (Lipinski definition) is 6. The molecule has 0 saturated heterocycles. The fraction of sp³-hybridized carbons (Fsp3) is 0.438. The molecule has 1 N–H and O–H groups in total. The molecule has 0 radical (unpaired) electrons. The lowest BCUT2D eigenvalue weighted by atomic mass is 10.2. The fourth-order valence-electron chi connectivity index (χ4n) is 2.22. The first-order valence-corrected chi connectivity index (χ1v) is 9.10. The van der Waals surface area contributed by atoms with Crippen LogP contribution in [0.15, 0.2) is 17.3 Å². The maximum absolute atomic E-state index is 12.3. The van der Waals surface area contributed by atoms with E-state index in [9.17, 15) is 4.79 Å². The van der Waals surface area contributed by atoms with Crippen LogP contribution in [0.5, 0.6) is 11.5 Å². The van der Waals surface area contributed by atoms with Gasteiger partial charge in [0.25, 0.3) is 0 Å². The van der Waals surface area contributed by atoms with Crippen molar-refractivity contribution in [3.63, 3.8) is 0 Å². The van der Waals surface area contributed by atoms with Gasteiger partial charge in [0.05, 0.1) is 30.7 Å². The minimum atomic E-state index is -0.184. The van der Waals surface area contributed by atoms with Crippen LogP contribution < -0.4 is 14.8 Å². The van der Waals surface area contributed by atoms with E-state index in [2.05, 4.69) is 22.4 Å². The molecule has 0 unspecified atom stereocenters. The molecule has 25 heavy (non-hydrogen) atoms. The zero-order valence-corrected chi connectivity index (χ0v) is 16.2. The molecular formula is C16H21ClN4O3S. The number of carbonyl (C=O) groups is 1. The van der Waals surface area contributed by atoms with Crippen LogP contribution >= 0.6 is 23.4 Å². The number of anilines is 1. The lowest BCUT2D eigenvalue weighted by Gasteiger charge is -2.13. The SMILES string of the molecule is CCCn1c(C)nnc1SCC(=O)Nc1cc(OC)c(Cl)cc1OC. The Balaban J connectivity index is 2.06. The van der Waals surface area contributed by atoms with E-state index in [0.29, 0.717) is 22.2 Å². The van der Waals surface area contributed by atoms with Crippen molar-refractivity contribution in [1.82, 2.24) is 14.8 Å². The minimum absolute atomic E-state index is 0.184. The summed E-state index contributed by atoms with van der Waals surface area (Å²) in [4.78, 5) is 12.3. The van der Waals surface area contributed by atoms with Gasteiger partial charge in [-0.15, -0.1) is 10.2 Å². The van der Waals surface area contributed by atoms with Crippen molar-refractivity contribution < 1.29 is 14.3 Å². The van der Waals surface area contributed by atoms with Gasteiger partial charge in [-0.3, -0.25) is 4.79 Å². The number of hydrogen-bond donors (Lipinski definition) is 1. The number of ether oxygens (including phenoxy) is 2. The van der Waals surface area contributed by atoms with Gasteiger partial charge in [-0.05, 0) is 13.3 Å². The highest BCUT2D eigenvalue weighted by molar-refractivity contribution is 7.99. The molecule has 2 rings (SSSR count). The van der Waals surface area contributed by atoms with Crippen LogP contribution in [0.3, 0.4) is 0 Å². The van der Waals surface area contributed by atoms with E-state index in [1.54, 1.807) is 12.1 Å². The quantitative estimate of drug-likeness (QED) is 0.703. The van der Waals surface area contributed by atoms with E-state index >= 15 is 0 Å². The van der Waals surface area contributed by atoms with Gasteiger partial charge in [0, 0.05) is 18.7 Å². The molecule has 0 bridgehead atoms.